The average molecular weight is 258 g/mol. The van der Waals surface area contributed by atoms with Gasteiger partial charge in [0.2, 0.25) is 0 Å². The maximum atomic E-state index is 11.0. The molecule has 0 spiro atoms. The monoisotopic (exact) mass is 258 g/mol. The van der Waals surface area contributed by atoms with Crippen molar-refractivity contribution in [2.24, 2.45) is 0 Å². The zero-order valence-electron chi connectivity index (χ0n) is 9.84. The number of thiol groups is 1. The topological polar surface area (TPSA) is 42.0 Å². The summed E-state index contributed by atoms with van der Waals surface area (Å²) < 4.78 is 0. The van der Waals surface area contributed by atoms with E-state index in [0.717, 1.165) is 29.8 Å². The number of nitrogens with one attached hydrogen (secondary N) is 1. The summed E-state index contributed by atoms with van der Waals surface area (Å²) in [5.74, 6) is 0. The van der Waals surface area contributed by atoms with E-state index in [1.54, 1.807) is 6.20 Å². The Morgan fingerprint density at radius 1 is 1.11 bits per heavy atom. The molecule has 0 aliphatic carbocycles. The fraction of sp³-hybridized carbons (Fsp3) is 0.143. The van der Waals surface area contributed by atoms with Gasteiger partial charge in [-0.3, -0.25) is 9.78 Å². The lowest BCUT2D eigenvalue weighted by atomic mass is 10.1. The summed E-state index contributed by atoms with van der Waals surface area (Å²) in [6.45, 7) is 0. The number of anilines is 1. The van der Waals surface area contributed by atoms with E-state index in [1.165, 1.54) is 0 Å². The van der Waals surface area contributed by atoms with Crippen LogP contribution in [0.1, 0.15) is 11.3 Å². The van der Waals surface area contributed by atoms with E-state index < -0.39 is 0 Å². The first-order valence-corrected chi connectivity index (χ1v) is 6.18. The molecule has 0 radical (unpaired) electrons. The zero-order valence-corrected chi connectivity index (χ0v) is 10.7. The van der Waals surface area contributed by atoms with E-state index in [1.807, 2.05) is 42.5 Å². The van der Waals surface area contributed by atoms with E-state index in [2.05, 4.69) is 22.9 Å². The molecule has 18 heavy (non-hydrogen) atoms. The minimum absolute atomic E-state index is 0.347. The minimum Gasteiger partial charge on any atom is -0.317 e. The Morgan fingerprint density at radius 2 is 1.89 bits per heavy atom. The molecular formula is C14H14N2OS. The van der Waals surface area contributed by atoms with Crippen LogP contribution in [0.2, 0.25) is 0 Å². The van der Waals surface area contributed by atoms with Crippen LogP contribution in [0.5, 0.6) is 0 Å². The molecule has 1 aromatic heterocycles. The van der Waals surface area contributed by atoms with Crippen molar-refractivity contribution >= 4 is 23.6 Å². The summed E-state index contributed by atoms with van der Waals surface area (Å²) in [6.07, 6.45) is 3.47. The molecule has 0 saturated heterocycles. The fourth-order valence-electron chi connectivity index (χ4n) is 1.78. The summed E-state index contributed by atoms with van der Waals surface area (Å²) in [7, 11) is 0. The number of hydrogen-bond donors (Lipinski definition) is 2. The molecule has 0 fully saturated rings. The van der Waals surface area contributed by atoms with Gasteiger partial charge >= 0.3 is 0 Å². The molecule has 1 heterocycles. The van der Waals surface area contributed by atoms with Crippen molar-refractivity contribution in [2.75, 3.05) is 5.32 Å². The zero-order chi connectivity index (χ0) is 12.8. The molecule has 3 nitrogen and oxygen atoms in total. The van der Waals surface area contributed by atoms with Crippen molar-refractivity contribution in [1.82, 2.24) is 4.98 Å². The number of nitrogens with zero attached hydrogens (tertiary/aromatic N) is 1. The van der Waals surface area contributed by atoms with Crippen LogP contribution in [-0.4, -0.2) is 10.2 Å². The number of aromatic nitrogens is 1. The van der Waals surface area contributed by atoms with Gasteiger partial charge in [-0.15, -0.1) is 0 Å². The van der Waals surface area contributed by atoms with Gasteiger partial charge in [0, 0.05) is 17.6 Å². The highest BCUT2D eigenvalue weighted by molar-refractivity contribution is 7.96. The number of rotatable bonds is 4. The number of amides is 1. The number of pyridine rings is 1. The summed E-state index contributed by atoms with van der Waals surface area (Å²) in [4.78, 5) is 15.3. The minimum atomic E-state index is -0.347. The Balaban J connectivity index is 2.07. The summed E-state index contributed by atoms with van der Waals surface area (Å²) in [5.41, 5.74) is 2.95. The third-order valence-corrected chi connectivity index (χ3v) is 2.75. The molecule has 1 aromatic carbocycles. The Bertz CT molecular complexity index is 528. The smallest absolute Gasteiger partial charge is 0.280 e. The second-order valence-electron chi connectivity index (χ2n) is 3.91. The first kappa shape index (κ1) is 12.6. The molecule has 1 N–H and O–H groups in total. The van der Waals surface area contributed by atoms with E-state index >= 15 is 0 Å². The molecule has 92 valence electrons. The Labute approximate surface area is 112 Å². The second kappa shape index (κ2) is 6.21. The van der Waals surface area contributed by atoms with Crippen LogP contribution in [0, 0.1) is 0 Å². The molecular weight excluding hydrogens is 244 g/mol. The van der Waals surface area contributed by atoms with Crippen molar-refractivity contribution < 1.29 is 4.79 Å². The lowest BCUT2D eigenvalue weighted by Crippen LogP contribution is -2.05. The number of carbonyl (C=O) groups excluding carboxylic acids is 1. The fourth-order valence-corrected chi connectivity index (χ4v) is 1.90. The molecule has 2 rings (SSSR count). The predicted octanol–water partition coefficient (Wildman–Crippen LogP) is 3.33. The van der Waals surface area contributed by atoms with Crippen LogP contribution in [0.3, 0.4) is 0 Å². The SMILES string of the molecule is O=C(S)Nc1ccccc1CCc1ccccn1. The number of carbonyl (C=O) groups is 1. The standard InChI is InChI=1S/C14H14N2OS/c17-14(18)16-13-7-2-1-5-11(13)8-9-12-6-3-4-10-15-12/h1-7,10H,8-9H2,(H2,16,17,18). The molecule has 0 aliphatic heterocycles. The molecule has 0 saturated carbocycles. The molecule has 4 heteroatoms. The quantitative estimate of drug-likeness (QED) is 0.826. The van der Waals surface area contributed by atoms with Gasteiger partial charge in [0.05, 0.1) is 0 Å². The maximum Gasteiger partial charge on any atom is 0.280 e. The largest absolute Gasteiger partial charge is 0.317 e. The van der Waals surface area contributed by atoms with Crippen LogP contribution in [0.15, 0.2) is 48.7 Å². The van der Waals surface area contributed by atoms with Crippen LogP contribution in [-0.2, 0) is 12.8 Å². The molecule has 0 aliphatic rings. The highest BCUT2D eigenvalue weighted by atomic mass is 32.1. The van der Waals surface area contributed by atoms with Crippen LogP contribution < -0.4 is 5.32 Å². The van der Waals surface area contributed by atoms with Crippen molar-refractivity contribution in [3.8, 4) is 0 Å². The first-order valence-electron chi connectivity index (χ1n) is 5.73. The van der Waals surface area contributed by atoms with Gasteiger partial charge in [-0.1, -0.05) is 36.9 Å². The van der Waals surface area contributed by atoms with E-state index in [-0.39, 0.29) is 5.24 Å². The van der Waals surface area contributed by atoms with Gasteiger partial charge in [0.15, 0.2) is 0 Å². The van der Waals surface area contributed by atoms with Gasteiger partial charge in [-0.25, -0.2) is 0 Å². The third-order valence-electron chi connectivity index (χ3n) is 2.64. The average Bonchev–Trinajstić information content (AvgIpc) is 2.38. The van der Waals surface area contributed by atoms with E-state index in [0.29, 0.717) is 0 Å². The summed E-state index contributed by atoms with van der Waals surface area (Å²) in [6, 6.07) is 13.6. The highest BCUT2D eigenvalue weighted by Crippen LogP contribution is 2.17. The molecule has 0 bridgehead atoms. The Hall–Kier alpha value is -1.81. The number of para-hydroxylation sites is 1. The number of benzene rings is 1. The van der Waals surface area contributed by atoms with Crippen molar-refractivity contribution in [1.29, 1.82) is 0 Å². The third kappa shape index (κ3) is 3.60. The predicted molar refractivity (Wildman–Crippen MR) is 76.1 cm³/mol. The Morgan fingerprint density at radius 3 is 2.61 bits per heavy atom. The van der Waals surface area contributed by atoms with Crippen LogP contribution in [0.4, 0.5) is 10.5 Å². The summed E-state index contributed by atoms with van der Waals surface area (Å²) in [5, 5.41) is 2.37. The molecule has 2 aromatic rings. The van der Waals surface area contributed by atoms with Gasteiger partial charge in [0.1, 0.15) is 0 Å². The van der Waals surface area contributed by atoms with Crippen LogP contribution >= 0.6 is 12.6 Å². The Kier molecular flexibility index (Phi) is 4.36. The summed E-state index contributed by atoms with van der Waals surface area (Å²) >= 11 is 3.73. The first-order chi connectivity index (χ1) is 8.75. The van der Waals surface area contributed by atoms with Crippen molar-refractivity contribution in [2.45, 2.75) is 12.8 Å². The molecule has 0 unspecified atom stereocenters. The van der Waals surface area contributed by atoms with Gasteiger partial charge in [0.25, 0.3) is 5.24 Å². The highest BCUT2D eigenvalue weighted by Gasteiger charge is 2.04. The molecule has 1 amide bonds. The van der Waals surface area contributed by atoms with Gasteiger partial charge < -0.3 is 5.32 Å². The van der Waals surface area contributed by atoms with Crippen LogP contribution in [0.25, 0.3) is 0 Å². The number of aryl methyl sites for hydroxylation is 2. The van der Waals surface area contributed by atoms with E-state index in [9.17, 15) is 4.79 Å². The van der Waals surface area contributed by atoms with Gasteiger partial charge in [-0.05, 0) is 36.6 Å². The normalized spacial score (nSPS) is 10.1. The lowest BCUT2D eigenvalue weighted by molar-refractivity contribution is 0.270. The second-order valence-corrected chi connectivity index (χ2v) is 4.31. The lowest BCUT2D eigenvalue weighted by Gasteiger charge is -2.08. The van der Waals surface area contributed by atoms with Crippen molar-refractivity contribution in [3.63, 3.8) is 0 Å². The van der Waals surface area contributed by atoms with Gasteiger partial charge in [-0.2, -0.15) is 0 Å². The molecule has 0 atom stereocenters. The van der Waals surface area contributed by atoms with E-state index in [4.69, 9.17) is 0 Å². The number of hydrogen-bond acceptors (Lipinski definition) is 2. The van der Waals surface area contributed by atoms with Crippen molar-refractivity contribution in [3.05, 3.63) is 59.9 Å². The maximum absolute atomic E-state index is 11.0.